The molecule has 4 aromatic carbocycles. The summed E-state index contributed by atoms with van der Waals surface area (Å²) in [6, 6.07) is 32.0. The number of rotatable bonds is 8. The molecule has 39 heavy (non-hydrogen) atoms. The van der Waals surface area contributed by atoms with Gasteiger partial charge in [0.2, 0.25) is 5.91 Å². The molecule has 5 nitrogen and oxygen atoms in total. The predicted octanol–water partition coefficient (Wildman–Crippen LogP) is 8.50. The molecule has 0 radical (unpaired) electrons. The van der Waals surface area contributed by atoms with Crippen LogP contribution in [0.3, 0.4) is 0 Å². The van der Waals surface area contributed by atoms with E-state index >= 15 is 0 Å². The predicted molar refractivity (Wildman–Crippen MR) is 162 cm³/mol. The third kappa shape index (κ3) is 6.75. The van der Waals surface area contributed by atoms with Gasteiger partial charge in [-0.25, -0.2) is 4.98 Å². The second kappa shape index (κ2) is 12.3. The molecule has 194 valence electrons. The highest BCUT2D eigenvalue weighted by Gasteiger charge is 2.23. The first-order valence-electron chi connectivity index (χ1n) is 12.2. The number of anilines is 2. The number of hydrogen-bond acceptors (Lipinski definition) is 5. The molecular formula is C31H24ClN3O2S2. The van der Waals surface area contributed by atoms with E-state index in [1.165, 1.54) is 23.1 Å². The maximum Gasteiger partial charge on any atom is 0.255 e. The zero-order valence-corrected chi connectivity index (χ0v) is 23.3. The van der Waals surface area contributed by atoms with E-state index < -0.39 is 5.25 Å². The number of aromatic nitrogens is 1. The van der Waals surface area contributed by atoms with Gasteiger partial charge in [0, 0.05) is 32.1 Å². The lowest BCUT2D eigenvalue weighted by atomic mass is 10.1. The molecule has 0 spiro atoms. The molecule has 0 aliphatic rings. The molecule has 0 saturated heterocycles. The number of hydrogen-bond donors (Lipinski definition) is 2. The largest absolute Gasteiger partial charge is 0.322 e. The fourth-order valence-corrected chi connectivity index (χ4v) is 5.81. The Morgan fingerprint density at radius 3 is 2.26 bits per heavy atom. The fourth-order valence-electron chi connectivity index (χ4n) is 3.94. The molecule has 0 aliphatic heterocycles. The molecule has 1 unspecified atom stereocenters. The minimum atomic E-state index is -0.499. The maximum absolute atomic E-state index is 13.5. The van der Waals surface area contributed by atoms with Crippen LogP contribution in [0.25, 0.3) is 11.3 Å². The van der Waals surface area contributed by atoms with Crippen molar-refractivity contribution in [3.63, 3.8) is 0 Å². The van der Waals surface area contributed by atoms with Gasteiger partial charge in [-0.1, -0.05) is 72.3 Å². The lowest BCUT2D eigenvalue weighted by Crippen LogP contribution is -2.19. The van der Waals surface area contributed by atoms with Gasteiger partial charge in [0.25, 0.3) is 5.91 Å². The second-order valence-corrected chi connectivity index (χ2v) is 11.2. The van der Waals surface area contributed by atoms with Crippen LogP contribution in [0.4, 0.5) is 10.8 Å². The Hall–Kier alpha value is -3.91. The van der Waals surface area contributed by atoms with Gasteiger partial charge in [0.1, 0.15) is 5.25 Å². The molecule has 5 aromatic rings. The summed E-state index contributed by atoms with van der Waals surface area (Å²) in [5.41, 5.74) is 4.83. The number of nitrogens with one attached hydrogen (secondary N) is 2. The van der Waals surface area contributed by atoms with Crippen LogP contribution in [-0.4, -0.2) is 16.8 Å². The normalized spacial score (nSPS) is 11.5. The number of carbonyl (C=O) groups excluding carboxylic acids is 2. The third-order valence-corrected chi connectivity index (χ3v) is 8.25. The SMILES string of the molecule is Cc1ccccc1C(=O)Nc1ccc(SC(C(=O)Nc2nc(-c3ccc(Cl)cc3)cs2)c2ccccc2)cc1. The average molecular weight is 570 g/mol. The van der Waals surface area contributed by atoms with Crippen LogP contribution in [0, 0.1) is 6.92 Å². The van der Waals surface area contributed by atoms with Crippen molar-refractivity contribution in [2.24, 2.45) is 0 Å². The molecule has 8 heteroatoms. The Bertz CT molecular complexity index is 1590. The van der Waals surface area contributed by atoms with Crippen molar-refractivity contribution < 1.29 is 9.59 Å². The molecule has 0 bridgehead atoms. The minimum absolute atomic E-state index is 0.156. The number of nitrogens with zero attached hydrogens (tertiary/aromatic N) is 1. The van der Waals surface area contributed by atoms with Crippen molar-refractivity contribution >= 4 is 57.3 Å². The Balaban J connectivity index is 1.30. The summed E-state index contributed by atoms with van der Waals surface area (Å²) < 4.78 is 0. The maximum atomic E-state index is 13.5. The molecule has 1 heterocycles. The number of carbonyl (C=O) groups is 2. The number of aryl methyl sites for hydroxylation is 1. The molecule has 0 fully saturated rings. The molecule has 2 amide bonds. The Morgan fingerprint density at radius 2 is 1.54 bits per heavy atom. The molecule has 0 aliphatic carbocycles. The van der Waals surface area contributed by atoms with Crippen LogP contribution < -0.4 is 10.6 Å². The fraction of sp³-hybridized carbons (Fsp3) is 0.0645. The van der Waals surface area contributed by atoms with E-state index in [1.807, 2.05) is 109 Å². The van der Waals surface area contributed by atoms with Gasteiger partial charge in [0.15, 0.2) is 5.13 Å². The molecular weight excluding hydrogens is 546 g/mol. The van der Waals surface area contributed by atoms with Crippen LogP contribution in [-0.2, 0) is 4.79 Å². The standard InChI is InChI=1S/C31H24ClN3O2S2/c1-20-7-5-6-10-26(20)29(36)33-24-15-17-25(18-16-24)39-28(22-8-3-2-4-9-22)30(37)35-31-34-27(19-38-31)21-11-13-23(32)14-12-21/h2-19,28H,1H3,(H,33,36)(H,34,35,37). The lowest BCUT2D eigenvalue weighted by molar-refractivity contribution is -0.115. The minimum Gasteiger partial charge on any atom is -0.322 e. The van der Waals surface area contributed by atoms with Crippen LogP contribution in [0.5, 0.6) is 0 Å². The molecule has 1 aromatic heterocycles. The quantitative estimate of drug-likeness (QED) is 0.184. The summed E-state index contributed by atoms with van der Waals surface area (Å²) in [5.74, 6) is -0.323. The van der Waals surface area contributed by atoms with E-state index in [9.17, 15) is 9.59 Å². The van der Waals surface area contributed by atoms with Crippen molar-refractivity contribution in [3.8, 4) is 11.3 Å². The summed E-state index contributed by atoms with van der Waals surface area (Å²) in [4.78, 5) is 31.6. The summed E-state index contributed by atoms with van der Waals surface area (Å²) >= 11 is 8.81. The molecule has 2 N–H and O–H groups in total. The van der Waals surface area contributed by atoms with Gasteiger partial charge in [-0.3, -0.25) is 9.59 Å². The van der Waals surface area contributed by atoms with Gasteiger partial charge in [0.05, 0.1) is 5.69 Å². The molecule has 1 atom stereocenters. The van der Waals surface area contributed by atoms with Crippen molar-refractivity contribution in [1.82, 2.24) is 4.98 Å². The topological polar surface area (TPSA) is 71.1 Å². The first-order chi connectivity index (χ1) is 19.0. The number of thioether (sulfide) groups is 1. The van der Waals surface area contributed by atoms with Gasteiger partial charge >= 0.3 is 0 Å². The summed E-state index contributed by atoms with van der Waals surface area (Å²) in [5, 5.41) is 8.53. The summed E-state index contributed by atoms with van der Waals surface area (Å²) in [6.45, 7) is 1.91. The van der Waals surface area contributed by atoms with E-state index in [1.54, 1.807) is 6.07 Å². The van der Waals surface area contributed by atoms with Crippen LogP contribution in [0.1, 0.15) is 26.7 Å². The van der Waals surface area contributed by atoms with Crippen molar-refractivity contribution in [1.29, 1.82) is 0 Å². The van der Waals surface area contributed by atoms with E-state index in [2.05, 4.69) is 15.6 Å². The Morgan fingerprint density at radius 1 is 0.846 bits per heavy atom. The van der Waals surface area contributed by atoms with Gasteiger partial charge in [-0.15, -0.1) is 23.1 Å². The zero-order valence-electron chi connectivity index (χ0n) is 20.9. The van der Waals surface area contributed by atoms with Crippen molar-refractivity contribution in [3.05, 3.63) is 130 Å². The highest BCUT2D eigenvalue weighted by atomic mass is 35.5. The Kier molecular flexibility index (Phi) is 8.42. The van der Waals surface area contributed by atoms with Crippen LogP contribution in [0.2, 0.25) is 5.02 Å². The average Bonchev–Trinajstić information content (AvgIpc) is 3.42. The highest BCUT2D eigenvalue weighted by molar-refractivity contribution is 8.00. The smallest absolute Gasteiger partial charge is 0.255 e. The van der Waals surface area contributed by atoms with E-state index in [-0.39, 0.29) is 11.8 Å². The number of thiazole rings is 1. The van der Waals surface area contributed by atoms with Gasteiger partial charge in [-0.05, 0) is 60.5 Å². The highest BCUT2D eigenvalue weighted by Crippen LogP contribution is 2.37. The number of amides is 2. The molecule has 5 rings (SSSR count). The monoisotopic (exact) mass is 569 g/mol. The van der Waals surface area contributed by atoms with E-state index in [0.29, 0.717) is 21.4 Å². The van der Waals surface area contributed by atoms with E-state index in [4.69, 9.17) is 11.6 Å². The Labute approximate surface area is 240 Å². The second-order valence-electron chi connectivity index (χ2n) is 8.74. The number of benzene rings is 4. The first-order valence-corrected chi connectivity index (χ1v) is 14.3. The van der Waals surface area contributed by atoms with Crippen molar-refractivity contribution in [2.75, 3.05) is 10.6 Å². The first kappa shape index (κ1) is 26.7. The van der Waals surface area contributed by atoms with Gasteiger partial charge < -0.3 is 10.6 Å². The summed E-state index contributed by atoms with van der Waals surface area (Å²) in [6.07, 6.45) is 0. The van der Waals surface area contributed by atoms with Crippen molar-refractivity contribution in [2.45, 2.75) is 17.1 Å². The zero-order chi connectivity index (χ0) is 27.2. The summed E-state index contributed by atoms with van der Waals surface area (Å²) in [7, 11) is 0. The lowest BCUT2D eigenvalue weighted by Gasteiger charge is -2.16. The third-order valence-electron chi connectivity index (χ3n) is 5.97. The number of halogens is 1. The van der Waals surface area contributed by atoms with Crippen LogP contribution in [0.15, 0.2) is 113 Å². The van der Waals surface area contributed by atoms with E-state index in [0.717, 1.165) is 27.3 Å². The van der Waals surface area contributed by atoms with Gasteiger partial charge in [-0.2, -0.15) is 0 Å². The molecule has 0 saturated carbocycles. The van der Waals surface area contributed by atoms with Crippen LogP contribution >= 0.6 is 34.7 Å².